The van der Waals surface area contributed by atoms with E-state index in [-0.39, 0.29) is 0 Å². The van der Waals surface area contributed by atoms with Crippen LogP contribution in [0.1, 0.15) is 96.3 Å². The fourth-order valence-corrected chi connectivity index (χ4v) is 4.28. The predicted molar refractivity (Wildman–Crippen MR) is 137 cm³/mol. The molecule has 4 aliphatic heterocycles. The van der Waals surface area contributed by atoms with Crippen molar-refractivity contribution in [3.05, 3.63) is 12.0 Å². The van der Waals surface area contributed by atoms with E-state index in [9.17, 15) is 0 Å². The molecule has 0 aromatic heterocycles. The molecule has 9 nitrogen and oxygen atoms in total. The van der Waals surface area contributed by atoms with Gasteiger partial charge in [0.25, 0.3) is 0 Å². The molecule has 36 heavy (non-hydrogen) atoms. The lowest BCUT2D eigenvalue weighted by atomic mass is 10.1. The molecule has 4 rings (SSSR count). The molecular formula is C27H47N3O6. The summed E-state index contributed by atoms with van der Waals surface area (Å²) in [6.45, 7) is 4.78. The molecule has 0 aromatic rings. The number of nitrogens with zero attached hydrogens (tertiary/aromatic N) is 2. The molecule has 0 bridgehead atoms. The quantitative estimate of drug-likeness (QED) is 0.152. The summed E-state index contributed by atoms with van der Waals surface area (Å²) in [4.78, 5) is 5.84. The summed E-state index contributed by atoms with van der Waals surface area (Å²) in [7, 11) is 0. The van der Waals surface area contributed by atoms with Crippen LogP contribution < -0.4 is 5.43 Å². The van der Waals surface area contributed by atoms with E-state index >= 15 is 0 Å². The normalized spacial score (nSPS) is 24.1. The summed E-state index contributed by atoms with van der Waals surface area (Å²) in [5, 5.41) is 5.84. The monoisotopic (exact) mass is 509 g/mol. The molecule has 0 spiro atoms. The Morgan fingerprint density at radius 3 is 1.67 bits per heavy atom. The van der Waals surface area contributed by atoms with Crippen LogP contribution in [0.25, 0.3) is 0 Å². The lowest BCUT2D eigenvalue weighted by Crippen LogP contribution is -2.39. The number of hydrogen-bond acceptors (Lipinski definition) is 9. The number of hydrazine groups is 1. The van der Waals surface area contributed by atoms with Crippen molar-refractivity contribution in [1.82, 2.24) is 10.7 Å². The zero-order valence-corrected chi connectivity index (χ0v) is 22.0. The van der Waals surface area contributed by atoms with Gasteiger partial charge in [-0.25, -0.2) is 10.3 Å². The van der Waals surface area contributed by atoms with Crippen molar-refractivity contribution in [1.29, 1.82) is 0 Å². The van der Waals surface area contributed by atoms with Gasteiger partial charge >= 0.3 is 0 Å². The lowest BCUT2D eigenvalue weighted by molar-refractivity contribution is -0.200. The van der Waals surface area contributed by atoms with Crippen molar-refractivity contribution in [3.8, 4) is 0 Å². The third-order valence-corrected chi connectivity index (χ3v) is 6.84. The molecule has 3 atom stereocenters. The van der Waals surface area contributed by atoms with Crippen molar-refractivity contribution < 1.29 is 28.5 Å². The highest BCUT2D eigenvalue weighted by atomic mass is 16.7. The van der Waals surface area contributed by atoms with Crippen molar-refractivity contribution in [3.63, 3.8) is 0 Å². The topological polar surface area (TPSA) is 92.9 Å². The first kappa shape index (κ1) is 27.5. The summed E-state index contributed by atoms with van der Waals surface area (Å²) in [6.07, 6.45) is 20.9. The Morgan fingerprint density at radius 1 is 0.667 bits per heavy atom. The minimum Gasteiger partial charge on any atom is -0.478 e. The van der Waals surface area contributed by atoms with Gasteiger partial charge < -0.3 is 23.7 Å². The Balaban J connectivity index is 1.08. The van der Waals surface area contributed by atoms with Gasteiger partial charge in [-0.2, -0.15) is 0 Å². The second-order valence-electron chi connectivity index (χ2n) is 10.3. The van der Waals surface area contributed by atoms with Crippen LogP contribution in [0.15, 0.2) is 17.1 Å². The van der Waals surface area contributed by atoms with E-state index in [0.717, 1.165) is 58.3 Å². The maximum Gasteiger partial charge on any atom is 0.240 e. The highest BCUT2D eigenvalue weighted by Crippen LogP contribution is 2.19. The van der Waals surface area contributed by atoms with E-state index in [2.05, 4.69) is 10.5 Å². The number of hydrogen-bond donors (Lipinski definition) is 1. The Bertz CT molecular complexity index is 664. The first-order valence-corrected chi connectivity index (χ1v) is 14.5. The molecule has 9 heteroatoms. The fraction of sp³-hybridized carbons (Fsp3) is 0.889. The molecule has 0 aliphatic carbocycles. The number of nitrogens with one attached hydrogen (secondary N) is 1. The minimum absolute atomic E-state index is 0.531. The van der Waals surface area contributed by atoms with Crippen LogP contribution >= 0.6 is 0 Å². The maximum atomic E-state index is 5.98. The van der Waals surface area contributed by atoms with Gasteiger partial charge in [-0.3, -0.25) is 0 Å². The summed E-state index contributed by atoms with van der Waals surface area (Å²) >= 11 is 0. The fourth-order valence-electron chi connectivity index (χ4n) is 4.28. The molecule has 0 saturated carbocycles. The molecule has 206 valence electrons. The van der Waals surface area contributed by atoms with Crippen molar-refractivity contribution in [2.75, 3.05) is 39.6 Å². The molecule has 4 heterocycles. The lowest BCUT2D eigenvalue weighted by Gasteiger charge is -2.25. The number of unbranched alkanes of at least 4 members (excludes halogenated alkanes) is 9. The summed E-state index contributed by atoms with van der Waals surface area (Å²) in [6, 6.07) is 0. The van der Waals surface area contributed by atoms with E-state index in [0.29, 0.717) is 49.9 Å². The molecule has 0 aromatic carbocycles. The Morgan fingerprint density at radius 2 is 1.14 bits per heavy atom. The minimum atomic E-state index is 0.531. The van der Waals surface area contributed by atoms with E-state index in [1.165, 1.54) is 63.1 Å². The van der Waals surface area contributed by atoms with Crippen LogP contribution in [-0.2, 0) is 28.5 Å². The summed E-state index contributed by atoms with van der Waals surface area (Å²) < 4.78 is 27.7. The molecule has 0 amide bonds. The molecule has 3 unspecified atom stereocenters. The van der Waals surface area contributed by atoms with Crippen molar-refractivity contribution >= 4 is 5.90 Å². The zero-order valence-electron chi connectivity index (χ0n) is 22.0. The number of rotatable bonds is 23. The molecule has 0 radical (unpaired) electrons. The SMILES string of the molecule is C1=C(OCCCCCCC2CO2)NN(OCCCCCCC2CO2)N=C1OCCCCCCC1CO1. The van der Waals surface area contributed by atoms with Gasteiger partial charge in [0.2, 0.25) is 11.8 Å². The van der Waals surface area contributed by atoms with Gasteiger partial charge in [-0.15, -0.1) is 0 Å². The van der Waals surface area contributed by atoms with Gasteiger partial charge in [0.15, 0.2) is 0 Å². The van der Waals surface area contributed by atoms with Crippen LogP contribution in [0.3, 0.4) is 0 Å². The van der Waals surface area contributed by atoms with E-state index in [1.807, 2.05) is 6.08 Å². The summed E-state index contributed by atoms with van der Waals surface area (Å²) in [5.74, 6) is 1.16. The van der Waals surface area contributed by atoms with Gasteiger partial charge in [-0.1, -0.05) is 68.2 Å². The number of epoxide rings is 3. The Kier molecular flexibility index (Phi) is 12.5. The standard InChI is InChI=1S/C27H47N3O6/c1(7-13-23-20-33-23)4-10-16-31-26-19-27(32-17-11-5-2-8-14-24-21-34-24)29-30(28-26)36-18-12-6-3-9-15-25-22-35-25/h19,23-25,28H,1-18,20-22H2. The second kappa shape index (κ2) is 16.3. The first-order valence-electron chi connectivity index (χ1n) is 14.5. The molecule has 4 aliphatic rings. The predicted octanol–water partition coefficient (Wildman–Crippen LogP) is 4.97. The highest BCUT2D eigenvalue weighted by Gasteiger charge is 2.22. The zero-order chi connectivity index (χ0) is 24.7. The van der Waals surface area contributed by atoms with Gasteiger partial charge in [-0.05, 0) is 38.5 Å². The third-order valence-electron chi connectivity index (χ3n) is 6.84. The average Bonchev–Trinajstić information content (AvgIpc) is 3.73. The van der Waals surface area contributed by atoms with Crippen molar-refractivity contribution in [2.45, 2.75) is 115 Å². The van der Waals surface area contributed by atoms with Gasteiger partial charge in [0.05, 0.1) is 64.0 Å². The maximum absolute atomic E-state index is 5.98. The molecular weight excluding hydrogens is 462 g/mol. The van der Waals surface area contributed by atoms with E-state index in [1.54, 1.807) is 0 Å². The van der Waals surface area contributed by atoms with Crippen LogP contribution in [0.5, 0.6) is 0 Å². The smallest absolute Gasteiger partial charge is 0.240 e. The first-order chi connectivity index (χ1) is 17.8. The van der Waals surface area contributed by atoms with Crippen LogP contribution in [-0.4, -0.2) is 69.1 Å². The molecule has 3 saturated heterocycles. The largest absolute Gasteiger partial charge is 0.478 e. The van der Waals surface area contributed by atoms with Crippen LogP contribution in [0.4, 0.5) is 0 Å². The Labute approximate surface area is 216 Å². The van der Waals surface area contributed by atoms with Crippen LogP contribution in [0.2, 0.25) is 0 Å². The summed E-state index contributed by atoms with van der Waals surface area (Å²) in [5.41, 5.74) is 3.11. The highest BCUT2D eigenvalue weighted by molar-refractivity contribution is 5.88. The third kappa shape index (κ3) is 13.1. The van der Waals surface area contributed by atoms with Crippen LogP contribution in [0, 0.1) is 0 Å². The molecule has 1 N–H and O–H groups in total. The van der Waals surface area contributed by atoms with E-state index < -0.39 is 0 Å². The number of hydrazone groups is 1. The van der Waals surface area contributed by atoms with Gasteiger partial charge in [0.1, 0.15) is 0 Å². The van der Waals surface area contributed by atoms with E-state index in [4.69, 9.17) is 28.5 Å². The number of ether oxygens (including phenoxy) is 5. The average molecular weight is 510 g/mol. The van der Waals surface area contributed by atoms with Crippen molar-refractivity contribution in [2.24, 2.45) is 5.10 Å². The Hall–Kier alpha value is -1.55. The second-order valence-corrected chi connectivity index (χ2v) is 10.3. The van der Waals surface area contributed by atoms with Gasteiger partial charge in [0, 0.05) is 0 Å². The molecule has 3 fully saturated rings.